The van der Waals surface area contributed by atoms with Gasteiger partial charge in [-0.1, -0.05) is 142 Å². The quantitative estimate of drug-likeness (QED) is 0.181. The maximum Gasteiger partial charge on any atom is 0.0354 e. The first kappa shape index (κ1) is 66.2. The summed E-state index contributed by atoms with van der Waals surface area (Å²) in [5.74, 6) is 6.28. The van der Waals surface area contributed by atoms with Gasteiger partial charge in [0.15, 0.2) is 0 Å². The largest absolute Gasteiger partial charge is 0.106 e. The zero-order chi connectivity index (χ0) is 35.2. The molecule has 0 saturated heterocycles. The van der Waals surface area contributed by atoms with Gasteiger partial charge in [0.1, 0.15) is 0 Å². The van der Waals surface area contributed by atoms with Crippen LogP contribution in [0.5, 0.6) is 0 Å². The Morgan fingerprint density at radius 1 is 0.750 bits per heavy atom. The summed E-state index contributed by atoms with van der Waals surface area (Å²) < 4.78 is 0. The molecule has 0 heteroatoms. The molecule has 0 aliphatic rings. The number of rotatable bonds is 4. The summed E-state index contributed by atoms with van der Waals surface area (Å²) in [6, 6.07) is 0. The predicted molar refractivity (Wildman–Crippen MR) is 204 cm³/mol. The summed E-state index contributed by atoms with van der Waals surface area (Å²) in [6.07, 6.45) is 12.5. The lowest BCUT2D eigenvalue weighted by atomic mass is 9.84. The van der Waals surface area contributed by atoms with Gasteiger partial charge in [-0.05, 0) is 74.1 Å². The van der Waals surface area contributed by atoms with Gasteiger partial charge in [0.05, 0.1) is 0 Å². The molecule has 0 amide bonds. The van der Waals surface area contributed by atoms with Crippen LogP contribution in [0.25, 0.3) is 0 Å². The van der Waals surface area contributed by atoms with Crippen LogP contribution in [0.4, 0.5) is 0 Å². The topological polar surface area (TPSA) is 0 Å². The first-order chi connectivity index (χ1) is 18.9. The van der Waals surface area contributed by atoms with Crippen LogP contribution in [0.2, 0.25) is 0 Å². The number of allylic oxidation sites excluding steroid dienone is 8. The molecule has 0 aliphatic heterocycles. The van der Waals surface area contributed by atoms with Crippen molar-refractivity contribution in [2.45, 2.75) is 151 Å². The van der Waals surface area contributed by atoms with Gasteiger partial charge >= 0.3 is 0 Å². The average molecular weight is 563 g/mol. The van der Waals surface area contributed by atoms with E-state index in [9.17, 15) is 0 Å². The van der Waals surface area contributed by atoms with Crippen LogP contribution in [0.1, 0.15) is 151 Å². The van der Waals surface area contributed by atoms with Crippen molar-refractivity contribution in [3.05, 3.63) is 86.6 Å². The Morgan fingerprint density at radius 3 is 1.10 bits per heavy atom. The maximum absolute atomic E-state index is 3.90. The fourth-order valence-corrected chi connectivity index (χ4v) is 1.32. The monoisotopic (exact) mass is 563 g/mol. The molecule has 40 heavy (non-hydrogen) atoms. The zero-order valence-corrected chi connectivity index (χ0v) is 32.1. The minimum Gasteiger partial charge on any atom is -0.106 e. The van der Waals surface area contributed by atoms with E-state index in [2.05, 4.69) is 146 Å². The fraction of sp³-hybridized carbons (Fsp3) is 0.600. The van der Waals surface area contributed by atoms with E-state index in [1.807, 2.05) is 68.4 Å². The Kier molecular flexibility index (Phi) is 127. The third-order valence-corrected chi connectivity index (χ3v) is 4.38. The van der Waals surface area contributed by atoms with Crippen molar-refractivity contribution >= 4 is 0 Å². The second-order valence-corrected chi connectivity index (χ2v) is 7.79. The summed E-state index contributed by atoms with van der Waals surface area (Å²) in [6.45, 7) is 60.4. The Balaban J connectivity index is -0.0000000336. The minimum absolute atomic E-state index is 0.347. The van der Waals surface area contributed by atoms with Gasteiger partial charge in [0, 0.05) is 5.92 Å². The van der Waals surface area contributed by atoms with Gasteiger partial charge in [-0.15, -0.1) is 38.8 Å². The molecule has 0 aromatic rings. The number of hydrogen-bond acceptors (Lipinski definition) is 0. The molecule has 0 fully saturated rings. The molecule has 0 aliphatic carbocycles. The molecule has 0 aromatic carbocycles. The van der Waals surface area contributed by atoms with E-state index < -0.39 is 0 Å². The molecular weight excluding hydrogens is 480 g/mol. The third kappa shape index (κ3) is 100. The van der Waals surface area contributed by atoms with E-state index >= 15 is 0 Å². The van der Waals surface area contributed by atoms with E-state index in [1.54, 1.807) is 6.08 Å². The van der Waals surface area contributed by atoms with Crippen LogP contribution in [0.3, 0.4) is 0 Å². The first-order valence-corrected chi connectivity index (χ1v) is 15.4. The van der Waals surface area contributed by atoms with Crippen LogP contribution in [0.15, 0.2) is 86.6 Å². The molecule has 0 rings (SSSR count). The van der Waals surface area contributed by atoms with E-state index in [0.29, 0.717) is 11.3 Å². The van der Waals surface area contributed by atoms with Crippen LogP contribution < -0.4 is 0 Å². The Morgan fingerprint density at radius 2 is 1.00 bits per heavy atom. The van der Waals surface area contributed by atoms with Crippen molar-refractivity contribution < 1.29 is 0 Å². The first-order valence-electron chi connectivity index (χ1n) is 15.4. The van der Waals surface area contributed by atoms with Crippen LogP contribution >= 0.6 is 0 Å². The lowest BCUT2D eigenvalue weighted by Crippen LogP contribution is -2.09. The Labute approximate surface area is 260 Å². The van der Waals surface area contributed by atoms with E-state index in [0.717, 1.165) is 0 Å². The van der Waals surface area contributed by atoms with Crippen molar-refractivity contribution in [3.8, 4) is 11.8 Å². The van der Waals surface area contributed by atoms with Gasteiger partial charge in [0.25, 0.3) is 0 Å². The highest BCUT2D eigenvalue weighted by Crippen LogP contribution is 2.27. The summed E-state index contributed by atoms with van der Waals surface area (Å²) in [5, 5.41) is 0. The molecule has 0 aromatic heterocycles. The summed E-state index contributed by atoms with van der Waals surface area (Å²) in [5.41, 5.74) is 4.36. The smallest absolute Gasteiger partial charge is 0.0354 e. The average Bonchev–Trinajstić information content (AvgIpc) is 2.99. The molecule has 0 bridgehead atoms. The highest BCUT2D eigenvalue weighted by Gasteiger charge is 2.14. The molecule has 1 unspecified atom stereocenters. The van der Waals surface area contributed by atoms with Crippen LogP contribution in [-0.4, -0.2) is 0 Å². The highest BCUT2D eigenvalue weighted by molar-refractivity contribution is 5.25. The van der Waals surface area contributed by atoms with E-state index in [-0.39, 0.29) is 0 Å². The lowest BCUT2D eigenvalue weighted by molar-refractivity contribution is 0.431. The number of hydrogen-bond donors (Lipinski definition) is 0. The van der Waals surface area contributed by atoms with Crippen molar-refractivity contribution in [1.29, 1.82) is 0 Å². The molecule has 0 saturated carbocycles. The van der Waals surface area contributed by atoms with E-state index in [4.69, 9.17) is 0 Å². The molecule has 0 heterocycles. The molecule has 0 radical (unpaired) electrons. The normalized spacial score (nSPS) is 9.20. The fourth-order valence-electron chi connectivity index (χ4n) is 1.32. The predicted octanol–water partition coefficient (Wildman–Crippen LogP) is 15.4. The van der Waals surface area contributed by atoms with Crippen molar-refractivity contribution in [3.63, 3.8) is 0 Å². The zero-order valence-electron chi connectivity index (χ0n) is 32.1. The lowest BCUT2D eigenvalue weighted by Gasteiger charge is -2.22. The summed E-state index contributed by atoms with van der Waals surface area (Å²) >= 11 is 0. The Bertz CT molecular complexity index is 535. The highest BCUT2D eigenvalue weighted by atomic mass is 14.2. The van der Waals surface area contributed by atoms with Gasteiger partial charge < -0.3 is 0 Å². The summed E-state index contributed by atoms with van der Waals surface area (Å²) in [4.78, 5) is 0. The standard InChI is InChI=1S/C8H16.C8H14.C8H12.C3H8.C3H6.3C2H6.2C2H4/c1-6-8(4,5)7(2)3;1-5-7(3)8(4)6-2;1-4-6-8(3)7-5-2;2*1-3-2;5*1-2/h2,6H2,1,3-5H3;5-6H,1-4H3;4,6,8H,1-3H3;3H2,1-2H3;3H,1H2,2H3;3*1-2H3;2*1-2H2/b;7-5+,8-6+;6-4+;;;;;;;. The third-order valence-electron chi connectivity index (χ3n) is 4.38. The Hall–Kier alpha value is -2.26. The molecule has 0 spiro atoms. The van der Waals surface area contributed by atoms with Gasteiger partial charge in [-0.25, -0.2) is 0 Å². The maximum atomic E-state index is 3.90. The molecular formula is C40H82. The molecule has 242 valence electrons. The van der Waals surface area contributed by atoms with Gasteiger partial charge in [-0.2, -0.15) is 0 Å². The van der Waals surface area contributed by atoms with Crippen molar-refractivity contribution in [2.75, 3.05) is 0 Å². The van der Waals surface area contributed by atoms with Crippen molar-refractivity contribution in [2.24, 2.45) is 11.3 Å². The van der Waals surface area contributed by atoms with Crippen LogP contribution in [-0.2, 0) is 0 Å². The summed E-state index contributed by atoms with van der Waals surface area (Å²) in [7, 11) is 0. The van der Waals surface area contributed by atoms with Gasteiger partial charge in [-0.3, -0.25) is 0 Å². The second kappa shape index (κ2) is 76.7. The molecule has 0 N–H and O–H groups in total. The van der Waals surface area contributed by atoms with Crippen molar-refractivity contribution in [1.82, 2.24) is 0 Å². The minimum atomic E-state index is 0.347. The molecule has 1 atom stereocenters. The van der Waals surface area contributed by atoms with E-state index in [1.165, 1.54) is 29.6 Å². The second-order valence-electron chi connectivity index (χ2n) is 7.79. The van der Waals surface area contributed by atoms with Gasteiger partial charge in [0.2, 0.25) is 0 Å². The molecule has 0 nitrogen and oxygen atoms in total. The SMILES string of the molecule is C/C=C(C)/C(C)=C/C.C=C.C=C.C=C(C)C(C)(C)CC.C=CC.CC.CC.CC.CC#CC(C)/C=C/C.CCC. The van der Waals surface area contributed by atoms with Crippen LogP contribution in [0, 0.1) is 23.2 Å².